The average molecular weight is 252 g/mol. The second-order valence-electron chi connectivity index (χ2n) is 3.58. The minimum absolute atomic E-state index is 0.122. The zero-order valence-corrected chi connectivity index (χ0v) is 9.98. The van der Waals surface area contributed by atoms with E-state index in [1.165, 1.54) is 17.1 Å². The summed E-state index contributed by atoms with van der Waals surface area (Å²) in [5.41, 5.74) is 6.55. The van der Waals surface area contributed by atoms with Crippen molar-refractivity contribution in [1.82, 2.24) is 9.78 Å². The van der Waals surface area contributed by atoms with Gasteiger partial charge < -0.3 is 5.73 Å². The molecule has 0 amide bonds. The summed E-state index contributed by atoms with van der Waals surface area (Å²) >= 11 is 0. The van der Waals surface area contributed by atoms with Gasteiger partial charge in [0.15, 0.2) is 0 Å². The number of aromatic nitrogens is 2. The fourth-order valence-electron chi connectivity index (χ4n) is 1.30. The largest absolute Gasteiger partial charge is 0.399 e. The molecular formula is C10H12N4O2S. The third kappa shape index (κ3) is 2.56. The van der Waals surface area contributed by atoms with Crippen molar-refractivity contribution >= 4 is 21.4 Å². The second-order valence-corrected chi connectivity index (χ2v) is 5.26. The molecule has 6 nitrogen and oxygen atoms in total. The number of anilines is 2. The molecule has 0 radical (unpaired) electrons. The molecule has 0 unspecified atom stereocenters. The summed E-state index contributed by atoms with van der Waals surface area (Å²) in [6.45, 7) is 0. The van der Waals surface area contributed by atoms with E-state index in [0.29, 0.717) is 11.4 Å². The van der Waals surface area contributed by atoms with E-state index in [1.807, 2.05) is 0 Å². The van der Waals surface area contributed by atoms with Gasteiger partial charge in [-0.2, -0.15) is 5.10 Å². The summed E-state index contributed by atoms with van der Waals surface area (Å²) in [5.74, 6) is 0. The van der Waals surface area contributed by atoms with E-state index in [1.54, 1.807) is 31.3 Å². The lowest BCUT2D eigenvalue weighted by atomic mass is 10.3. The molecule has 7 heteroatoms. The monoisotopic (exact) mass is 252 g/mol. The van der Waals surface area contributed by atoms with Gasteiger partial charge in [-0.15, -0.1) is 0 Å². The van der Waals surface area contributed by atoms with Crippen molar-refractivity contribution in [3.8, 4) is 0 Å². The van der Waals surface area contributed by atoms with Crippen molar-refractivity contribution < 1.29 is 8.42 Å². The Morgan fingerprint density at radius 2 is 1.94 bits per heavy atom. The third-order valence-corrected chi connectivity index (χ3v) is 3.49. The van der Waals surface area contributed by atoms with E-state index in [-0.39, 0.29) is 4.90 Å². The Balaban J connectivity index is 2.26. The van der Waals surface area contributed by atoms with Crippen molar-refractivity contribution in [2.75, 3.05) is 10.5 Å². The van der Waals surface area contributed by atoms with Crippen LogP contribution in [0.1, 0.15) is 0 Å². The fourth-order valence-corrected chi connectivity index (χ4v) is 2.34. The predicted molar refractivity (Wildman–Crippen MR) is 64.9 cm³/mol. The molecule has 2 rings (SSSR count). The summed E-state index contributed by atoms with van der Waals surface area (Å²) < 4.78 is 27.7. The molecule has 0 fully saturated rings. The molecule has 0 aliphatic rings. The Morgan fingerprint density at radius 1 is 1.29 bits per heavy atom. The standard InChI is InChI=1S/C10H12N4O2S/c1-14-7-10(6-12-14)17(15,16)13-9-4-2-8(11)3-5-9/h2-7,13H,11H2,1H3. The summed E-state index contributed by atoms with van der Waals surface area (Å²) in [5, 5.41) is 3.82. The minimum Gasteiger partial charge on any atom is -0.399 e. The van der Waals surface area contributed by atoms with Gasteiger partial charge in [0.2, 0.25) is 0 Å². The summed E-state index contributed by atoms with van der Waals surface area (Å²) in [6, 6.07) is 6.45. The normalized spacial score (nSPS) is 11.4. The topological polar surface area (TPSA) is 90.0 Å². The smallest absolute Gasteiger partial charge is 0.265 e. The number of rotatable bonds is 3. The van der Waals surface area contributed by atoms with Crippen LogP contribution in [0.5, 0.6) is 0 Å². The number of nitrogen functional groups attached to an aromatic ring is 1. The zero-order valence-electron chi connectivity index (χ0n) is 9.16. The molecule has 1 heterocycles. The van der Waals surface area contributed by atoms with Crippen LogP contribution < -0.4 is 10.5 Å². The summed E-state index contributed by atoms with van der Waals surface area (Å²) in [6.07, 6.45) is 2.72. The van der Waals surface area contributed by atoms with Crippen LogP contribution in [-0.2, 0) is 17.1 Å². The highest BCUT2D eigenvalue weighted by Crippen LogP contribution is 2.16. The van der Waals surface area contributed by atoms with Gasteiger partial charge in [-0.3, -0.25) is 9.40 Å². The van der Waals surface area contributed by atoms with Crippen molar-refractivity contribution in [2.45, 2.75) is 4.90 Å². The number of sulfonamides is 1. The number of nitrogens with zero attached hydrogens (tertiary/aromatic N) is 2. The van der Waals surface area contributed by atoms with Crippen molar-refractivity contribution in [1.29, 1.82) is 0 Å². The van der Waals surface area contributed by atoms with Gasteiger partial charge in [-0.05, 0) is 24.3 Å². The molecule has 2 aromatic rings. The van der Waals surface area contributed by atoms with Crippen LogP contribution in [0.3, 0.4) is 0 Å². The molecule has 1 aromatic carbocycles. The molecule has 1 aromatic heterocycles. The van der Waals surface area contributed by atoms with Gasteiger partial charge in [-0.1, -0.05) is 0 Å². The van der Waals surface area contributed by atoms with Crippen LogP contribution >= 0.6 is 0 Å². The first-order chi connectivity index (χ1) is 7.97. The number of nitrogens with two attached hydrogens (primary N) is 1. The van der Waals surface area contributed by atoms with Gasteiger partial charge in [0.25, 0.3) is 10.0 Å². The van der Waals surface area contributed by atoms with Gasteiger partial charge in [-0.25, -0.2) is 8.42 Å². The van der Waals surface area contributed by atoms with E-state index < -0.39 is 10.0 Å². The van der Waals surface area contributed by atoms with Crippen LogP contribution in [0.15, 0.2) is 41.6 Å². The molecule has 0 saturated carbocycles. The van der Waals surface area contributed by atoms with Crippen molar-refractivity contribution in [3.05, 3.63) is 36.7 Å². The van der Waals surface area contributed by atoms with Crippen LogP contribution in [0, 0.1) is 0 Å². The molecule has 0 spiro atoms. The quantitative estimate of drug-likeness (QED) is 0.791. The Labute approximate surface area is 99.1 Å². The van der Waals surface area contributed by atoms with E-state index in [0.717, 1.165) is 0 Å². The lowest BCUT2D eigenvalue weighted by molar-refractivity contribution is 0.601. The van der Waals surface area contributed by atoms with Gasteiger partial charge in [0.05, 0.1) is 6.20 Å². The van der Waals surface area contributed by atoms with Crippen molar-refractivity contribution in [3.63, 3.8) is 0 Å². The SMILES string of the molecule is Cn1cc(S(=O)(=O)Nc2ccc(N)cc2)cn1. The molecule has 0 aliphatic heterocycles. The highest BCUT2D eigenvalue weighted by Gasteiger charge is 2.15. The van der Waals surface area contributed by atoms with Gasteiger partial charge >= 0.3 is 0 Å². The predicted octanol–water partition coefficient (Wildman–Crippen LogP) is 0.803. The molecule has 90 valence electrons. The van der Waals surface area contributed by atoms with Crippen LogP contribution in [0.25, 0.3) is 0 Å². The maximum atomic E-state index is 11.9. The third-order valence-electron chi connectivity index (χ3n) is 2.15. The molecule has 0 aliphatic carbocycles. The summed E-state index contributed by atoms with van der Waals surface area (Å²) in [7, 11) is -1.92. The molecular weight excluding hydrogens is 240 g/mol. The first-order valence-corrected chi connectivity index (χ1v) is 6.33. The highest BCUT2D eigenvalue weighted by atomic mass is 32.2. The van der Waals surface area contributed by atoms with E-state index in [9.17, 15) is 8.42 Å². The number of nitrogens with one attached hydrogen (secondary N) is 1. The number of aryl methyl sites for hydroxylation is 1. The van der Waals surface area contributed by atoms with Gasteiger partial charge in [0.1, 0.15) is 4.90 Å². The molecule has 0 saturated heterocycles. The van der Waals surface area contributed by atoms with Crippen molar-refractivity contribution in [2.24, 2.45) is 7.05 Å². The van der Waals surface area contributed by atoms with Crippen LogP contribution in [-0.4, -0.2) is 18.2 Å². The minimum atomic E-state index is -3.58. The van der Waals surface area contributed by atoms with E-state index in [4.69, 9.17) is 5.73 Å². The molecule has 17 heavy (non-hydrogen) atoms. The van der Waals surface area contributed by atoms with E-state index in [2.05, 4.69) is 9.82 Å². The molecule has 0 atom stereocenters. The lowest BCUT2D eigenvalue weighted by Crippen LogP contribution is -2.12. The Kier molecular flexibility index (Phi) is 2.76. The maximum absolute atomic E-state index is 11.9. The second kappa shape index (κ2) is 4.10. The Hall–Kier alpha value is -2.02. The zero-order chi connectivity index (χ0) is 12.5. The fraction of sp³-hybridized carbons (Fsp3) is 0.100. The first kappa shape index (κ1) is 11.5. The first-order valence-electron chi connectivity index (χ1n) is 4.84. The van der Waals surface area contributed by atoms with Crippen LogP contribution in [0.2, 0.25) is 0 Å². The Bertz CT molecular complexity index is 616. The van der Waals surface area contributed by atoms with E-state index >= 15 is 0 Å². The molecule has 0 bridgehead atoms. The lowest BCUT2D eigenvalue weighted by Gasteiger charge is -2.05. The van der Waals surface area contributed by atoms with Gasteiger partial charge in [0, 0.05) is 24.6 Å². The average Bonchev–Trinajstić information content (AvgIpc) is 2.69. The summed E-state index contributed by atoms with van der Waals surface area (Å²) in [4.78, 5) is 0.122. The van der Waals surface area contributed by atoms with Crippen LogP contribution in [0.4, 0.5) is 11.4 Å². The number of hydrogen-bond donors (Lipinski definition) is 2. The Morgan fingerprint density at radius 3 is 2.47 bits per heavy atom. The molecule has 3 N–H and O–H groups in total. The number of benzene rings is 1. The highest BCUT2D eigenvalue weighted by molar-refractivity contribution is 7.92. The number of hydrogen-bond acceptors (Lipinski definition) is 4. The maximum Gasteiger partial charge on any atom is 0.265 e.